The highest BCUT2D eigenvalue weighted by Crippen LogP contribution is 2.34. The molecule has 1 heterocycles. The van der Waals surface area contributed by atoms with Crippen LogP contribution in [0.15, 0.2) is 0 Å². The Morgan fingerprint density at radius 2 is 2.00 bits per heavy atom. The summed E-state index contributed by atoms with van der Waals surface area (Å²) in [6.07, 6.45) is 0.951. The van der Waals surface area contributed by atoms with E-state index in [4.69, 9.17) is 0 Å². The lowest BCUT2D eigenvalue weighted by atomic mass is 9.75. The third kappa shape index (κ3) is 2.71. The molecule has 3 heteroatoms. The molecular weight excluding hydrogens is 188 g/mol. The number of amides is 1. The van der Waals surface area contributed by atoms with Crippen LogP contribution < -0.4 is 10.6 Å². The fraction of sp³-hybridized carbons (Fsp3) is 0.917. The first-order chi connectivity index (χ1) is 6.78. The van der Waals surface area contributed by atoms with Crippen molar-refractivity contribution in [2.45, 2.75) is 46.6 Å². The average molecular weight is 212 g/mol. The Balaban J connectivity index is 2.77. The van der Waals surface area contributed by atoms with Crippen molar-refractivity contribution in [3.8, 4) is 0 Å². The molecule has 1 atom stereocenters. The van der Waals surface area contributed by atoms with E-state index in [0.717, 1.165) is 19.5 Å². The average Bonchev–Trinajstić information content (AvgIpc) is 2.48. The van der Waals surface area contributed by atoms with E-state index in [-0.39, 0.29) is 16.9 Å². The fourth-order valence-corrected chi connectivity index (χ4v) is 2.13. The summed E-state index contributed by atoms with van der Waals surface area (Å²) in [7, 11) is 0. The fourth-order valence-electron chi connectivity index (χ4n) is 2.13. The van der Waals surface area contributed by atoms with E-state index in [1.165, 1.54) is 0 Å². The molecule has 3 nitrogen and oxygen atoms in total. The molecule has 0 radical (unpaired) electrons. The molecule has 1 fully saturated rings. The Hall–Kier alpha value is -0.570. The SMILES string of the molecule is CC(C)C1(C(=O)NC(C)(C)C)CCNC1. The lowest BCUT2D eigenvalue weighted by Crippen LogP contribution is -2.52. The summed E-state index contributed by atoms with van der Waals surface area (Å²) in [5, 5.41) is 6.40. The number of carbonyl (C=O) groups is 1. The quantitative estimate of drug-likeness (QED) is 0.729. The van der Waals surface area contributed by atoms with Crippen molar-refractivity contribution in [1.29, 1.82) is 0 Å². The Morgan fingerprint density at radius 3 is 2.33 bits per heavy atom. The summed E-state index contributed by atoms with van der Waals surface area (Å²) < 4.78 is 0. The first-order valence-electron chi connectivity index (χ1n) is 5.81. The van der Waals surface area contributed by atoms with Crippen LogP contribution in [-0.4, -0.2) is 24.5 Å². The maximum Gasteiger partial charge on any atom is 0.228 e. The van der Waals surface area contributed by atoms with Gasteiger partial charge in [-0.3, -0.25) is 4.79 Å². The van der Waals surface area contributed by atoms with Gasteiger partial charge in [0.25, 0.3) is 0 Å². The van der Waals surface area contributed by atoms with Crippen LogP contribution in [0.4, 0.5) is 0 Å². The summed E-state index contributed by atoms with van der Waals surface area (Å²) in [5.41, 5.74) is -0.338. The van der Waals surface area contributed by atoms with E-state index in [9.17, 15) is 4.79 Å². The van der Waals surface area contributed by atoms with Crippen molar-refractivity contribution in [3.05, 3.63) is 0 Å². The molecule has 15 heavy (non-hydrogen) atoms. The van der Waals surface area contributed by atoms with Gasteiger partial charge in [-0.2, -0.15) is 0 Å². The largest absolute Gasteiger partial charge is 0.351 e. The van der Waals surface area contributed by atoms with E-state index in [1.54, 1.807) is 0 Å². The molecule has 1 saturated heterocycles. The maximum absolute atomic E-state index is 12.3. The number of hydrogen-bond donors (Lipinski definition) is 2. The predicted molar refractivity (Wildman–Crippen MR) is 62.7 cm³/mol. The van der Waals surface area contributed by atoms with E-state index in [0.29, 0.717) is 5.92 Å². The molecule has 0 aromatic heterocycles. The van der Waals surface area contributed by atoms with Crippen molar-refractivity contribution < 1.29 is 4.79 Å². The minimum atomic E-state index is -0.201. The molecule has 2 N–H and O–H groups in total. The Labute approximate surface area is 93.0 Å². The highest BCUT2D eigenvalue weighted by atomic mass is 16.2. The highest BCUT2D eigenvalue weighted by Gasteiger charge is 2.44. The number of nitrogens with one attached hydrogen (secondary N) is 2. The number of rotatable bonds is 2. The van der Waals surface area contributed by atoms with Crippen molar-refractivity contribution >= 4 is 5.91 Å². The van der Waals surface area contributed by atoms with Crippen LogP contribution >= 0.6 is 0 Å². The lowest BCUT2D eigenvalue weighted by molar-refractivity contribution is -0.134. The van der Waals surface area contributed by atoms with E-state index >= 15 is 0 Å². The smallest absolute Gasteiger partial charge is 0.228 e. The van der Waals surface area contributed by atoms with Crippen LogP contribution in [0.5, 0.6) is 0 Å². The van der Waals surface area contributed by atoms with E-state index < -0.39 is 0 Å². The minimum absolute atomic E-state index is 0.137. The first-order valence-corrected chi connectivity index (χ1v) is 5.81. The Kier molecular flexibility index (Phi) is 3.44. The van der Waals surface area contributed by atoms with Gasteiger partial charge in [0.1, 0.15) is 0 Å². The molecule has 1 amide bonds. The third-order valence-electron chi connectivity index (χ3n) is 3.23. The van der Waals surface area contributed by atoms with Gasteiger partial charge in [0, 0.05) is 12.1 Å². The van der Waals surface area contributed by atoms with Gasteiger partial charge < -0.3 is 10.6 Å². The molecule has 1 rings (SSSR count). The van der Waals surface area contributed by atoms with Gasteiger partial charge in [-0.05, 0) is 39.7 Å². The van der Waals surface area contributed by atoms with Gasteiger partial charge in [-0.1, -0.05) is 13.8 Å². The number of carbonyl (C=O) groups excluding carboxylic acids is 1. The minimum Gasteiger partial charge on any atom is -0.351 e. The van der Waals surface area contributed by atoms with Crippen molar-refractivity contribution in [2.75, 3.05) is 13.1 Å². The Morgan fingerprint density at radius 1 is 1.40 bits per heavy atom. The summed E-state index contributed by atoms with van der Waals surface area (Å²) in [6, 6.07) is 0. The van der Waals surface area contributed by atoms with Gasteiger partial charge >= 0.3 is 0 Å². The van der Waals surface area contributed by atoms with Gasteiger partial charge in [0.2, 0.25) is 5.91 Å². The van der Waals surface area contributed by atoms with E-state index in [2.05, 4.69) is 24.5 Å². The lowest BCUT2D eigenvalue weighted by Gasteiger charge is -2.34. The zero-order chi connectivity index (χ0) is 11.7. The molecule has 0 aromatic rings. The molecule has 0 saturated carbocycles. The second-order valence-electron chi connectivity index (χ2n) is 5.94. The molecule has 0 bridgehead atoms. The zero-order valence-corrected chi connectivity index (χ0v) is 10.6. The summed E-state index contributed by atoms with van der Waals surface area (Å²) in [6.45, 7) is 12.1. The normalized spacial score (nSPS) is 27.1. The molecule has 0 aliphatic carbocycles. The topological polar surface area (TPSA) is 41.1 Å². The second kappa shape index (κ2) is 4.12. The maximum atomic E-state index is 12.3. The monoisotopic (exact) mass is 212 g/mol. The van der Waals surface area contributed by atoms with Gasteiger partial charge in [-0.25, -0.2) is 0 Å². The molecular formula is C12H24N2O. The highest BCUT2D eigenvalue weighted by molar-refractivity contribution is 5.84. The van der Waals surface area contributed by atoms with Gasteiger partial charge in [0.05, 0.1) is 5.41 Å². The van der Waals surface area contributed by atoms with E-state index in [1.807, 2.05) is 20.8 Å². The summed E-state index contributed by atoms with van der Waals surface area (Å²) >= 11 is 0. The van der Waals surface area contributed by atoms with Crippen LogP contribution in [0.1, 0.15) is 41.0 Å². The van der Waals surface area contributed by atoms with Gasteiger partial charge in [-0.15, -0.1) is 0 Å². The third-order valence-corrected chi connectivity index (χ3v) is 3.23. The predicted octanol–water partition coefficient (Wildman–Crippen LogP) is 1.54. The van der Waals surface area contributed by atoms with Crippen LogP contribution in [0.25, 0.3) is 0 Å². The van der Waals surface area contributed by atoms with Crippen LogP contribution in [0, 0.1) is 11.3 Å². The Bertz CT molecular complexity index is 234. The second-order valence-corrected chi connectivity index (χ2v) is 5.94. The van der Waals surface area contributed by atoms with Crippen molar-refractivity contribution in [2.24, 2.45) is 11.3 Å². The van der Waals surface area contributed by atoms with Crippen molar-refractivity contribution in [3.63, 3.8) is 0 Å². The molecule has 1 aliphatic rings. The molecule has 0 aromatic carbocycles. The first kappa shape index (κ1) is 12.5. The van der Waals surface area contributed by atoms with Crippen molar-refractivity contribution in [1.82, 2.24) is 10.6 Å². The number of hydrogen-bond acceptors (Lipinski definition) is 2. The standard InChI is InChI=1S/C12H24N2O/c1-9(2)12(6-7-13-8-12)10(15)14-11(3,4)5/h9,13H,6-8H2,1-5H3,(H,14,15). The van der Waals surface area contributed by atoms with Crippen LogP contribution in [-0.2, 0) is 4.79 Å². The van der Waals surface area contributed by atoms with Crippen LogP contribution in [0.2, 0.25) is 0 Å². The van der Waals surface area contributed by atoms with Crippen LogP contribution in [0.3, 0.4) is 0 Å². The summed E-state index contributed by atoms with van der Waals surface area (Å²) in [5.74, 6) is 0.588. The summed E-state index contributed by atoms with van der Waals surface area (Å²) in [4.78, 5) is 12.3. The van der Waals surface area contributed by atoms with Gasteiger partial charge in [0.15, 0.2) is 0 Å². The molecule has 0 spiro atoms. The molecule has 88 valence electrons. The zero-order valence-electron chi connectivity index (χ0n) is 10.6. The molecule has 1 unspecified atom stereocenters. The molecule has 1 aliphatic heterocycles.